The lowest BCUT2D eigenvalue weighted by Crippen LogP contribution is -2.03. The molecular weight excluding hydrogens is 262 g/mol. The van der Waals surface area contributed by atoms with Crippen molar-refractivity contribution in [3.63, 3.8) is 0 Å². The fraction of sp³-hybridized carbons (Fsp3) is 0. The Balaban J connectivity index is 2.11. The van der Waals surface area contributed by atoms with Gasteiger partial charge >= 0.3 is 6.16 Å². The Bertz CT molecular complexity index is 682. The Kier molecular flexibility index (Phi) is 2.97. The van der Waals surface area contributed by atoms with Crippen molar-refractivity contribution in [2.75, 3.05) is 0 Å². The topological polar surface area (TPSA) is 59.4 Å². The standard InChI is InChI=1S/C14H9NO3S/c16-14(17)18-10-7-12-13(15-8-10)11-4-2-1-3-9(11)5-6-19-12/h1-8H,(H,16,17). The molecule has 0 radical (unpaired) electrons. The summed E-state index contributed by atoms with van der Waals surface area (Å²) in [7, 11) is 0. The van der Waals surface area contributed by atoms with Crippen molar-refractivity contribution in [3.05, 3.63) is 47.5 Å². The quantitative estimate of drug-likeness (QED) is 0.797. The molecule has 1 N–H and O–H groups in total. The molecule has 0 saturated carbocycles. The van der Waals surface area contributed by atoms with E-state index in [2.05, 4.69) is 9.72 Å². The Morgan fingerprint density at radius 3 is 3.00 bits per heavy atom. The normalized spacial score (nSPS) is 12.2. The van der Waals surface area contributed by atoms with Crippen LogP contribution in [0.3, 0.4) is 0 Å². The van der Waals surface area contributed by atoms with E-state index in [0.717, 1.165) is 21.7 Å². The molecule has 0 aliphatic carbocycles. The molecule has 0 saturated heterocycles. The van der Waals surface area contributed by atoms with Crippen molar-refractivity contribution in [2.45, 2.75) is 4.90 Å². The summed E-state index contributed by atoms with van der Waals surface area (Å²) in [5.74, 6) is 0.228. The molecule has 4 nitrogen and oxygen atoms in total. The molecule has 0 unspecified atom stereocenters. The van der Waals surface area contributed by atoms with Gasteiger partial charge in [-0.1, -0.05) is 36.0 Å². The SMILES string of the molecule is O=C(O)Oc1cnc2c(c1)SC=Cc1ccccc1-2. The van der Waals surface area contributed by atoms with Crippen LogP contribution >= 0.6 is 11.8 Å². The van der Waals surface area contributed by atoms with E-state index in [4.69, 9.17) is 5.11 Å². The van der Waals surface area contributed by atoms with E-state index < -0.39 is 6.16 Å². The van der Waals surface area contributed by atoms with Gasteiger partial charge < -0.3 is 9.84 Å². The van der Waals surface area contributed by atoms with Crippen LogP contribution in [0.1, 0.15) is 5.56 Å². The third kappa shape index (κ3) is 2.32. The predicted molar refractivity (Wildman–Crippen MR) is 73.2 cm³/mol. The lowest BCUT2D eigenvalue weighted by atomic mass is 10.0. The maximum atomic E-state index is 10.5. The van der Waals surface area contributed by atoms with E-state index in [-0.39, 0.29) is 5.75 Å². The van der Waals surface area contributed by atoms with Gasteiger partial charge in [-0.25, -0.2) is 4.79 Å². The number of ether oxygens (including phenoxy) is 1. The van der Waals surface area contributed by atoms with Crippen LogP contribution in [0, 0.1) is 0 Å². The minimum Gasteiger partial charge on any atom is -0.449 e. The number of fused-ring (bicyclic) bond motifs is 3. The Hall–Kier alpha value is -2.27. The van der Waals surface area contributed by atoms with E-state index >= 15 is 0 Å². The molecule has 2 heterocycles. The van der Waals surface area contributed by atoms with Gasteiger partial charge in [0.25, 0.3) is 0 Å². The second-order valence-electron chi connectivity index (χ2n) is 3.89. The molecule has 0 bridgehead atoms. The van der Waals surface area contributed by atoms with Crippen LogP contribution < -0.4 is 4.74 Å². The van der Waals surface area contributed by atoms with Gasteiger partial charge in [0.1, 0.15) is 0 Å². The number of benzene rings is 1. The molecule has 94 valence electrons. The lowest BCUT2D eigenvalue weighted by molar-refractivity contribution is 0.144. The first kappa shape index (κ1) is 11.8. The van der Waals surface area contributed by atoms with Crippen LogP contribution in [-0.2, 0) is 0 Å². The maximum absolute atomic E-state index is 10.5. The third-order valence-electron chi connectivity index (χ3n) is 2.69. The first-order chi connectivity index (χ1) is 9.24. The van der Waals surface area contributed by atoms with Crippen LogP contribution in [0.5, 0.6) is 5.75 Å². The fourth-order valence-electron chi connectivity index (χ4n) is 1.91. The largest absolute Gasteiger partial charge is 0.511 e. The minimum atomic E-state index is -1.34. The number of thioether (sulfide) groups is 1. The Morgan fingerprint density at radius 2 is 2.16 bits per heavy atom. The van der Waals surface area contributed by atoms with Gasteiger partial charge in [0.15, 0.2) is 5.75 Å². The number of pyridine rings is 1. The number of aromatic nitrogens is 1. The van der Waals surface area contributed by atoms with Crippen molar-refractivity contribution >= 4 is 24.0 Å². The summed E-state index contributed by atoms with van der Waals surface area (Å²) in [5, 5.41) is 10.6. The molecule has 1 aliphatic heterocycles. The molecule has 0 amide bonds. The van der Waals surface area contributed by atoms with E-state index in [9.17, 15) is 4.79 Å². The Morgan fingerprint density at radius 1 is 1.32 bits per heavy atom. The van der Waals surface area contributed by atoms with Crippen LogP contribution in [0.4, 0.5) is 4.79 Å². The van der Waals surface area contributed by atoms with Crippen LogP contribution in [0.2, 0.25) is 0 Å². The summed E-state index contributed by atoms with van der Waals surface area (Å²) in [6.07, 6.45) is 2.10. The third-order valence-corrected chi connectivity index (χ3v) is 3.53. The minimum absolute atomic E-state index is 0.228. The summed E-state index contributed by atoms with van der Waals surface area (Å²) < 4.78 is 4.63. The van der Waals surface area contributed by atoms with Crippen LogP contribution in [-0.4, -0.2) is 16.2 Å². The number of rotatable bonds is 1. The van der Waals surface area contributed by atoms with E-state index in [0.29, 0.717) is 0 Å². The Labute approximate surface area is 113 Å². The van der Waals surface area contributed by atoms with Gasteiger partial charge in [0.05, 0.1) is 11.9 Å². The molecule has 2 aromatic rings. The van der Waals surface area contributed by atoms with E-state index in [1.165, 1.54) is 18.0 Å². The van der Waals surface area contributed by atoms with E-state index in [1.54, 1.807) is 6.07 Å². The number of nitrogens with zero attached hydrogens (tertiary/aromatic N) is 1. The first-order valence-electron chi connectivity index (χ1n) is 5.57. The number of hydrogen-bond acceptors (Lipinski definition) is 4. The molecule has 3 rings (SSSR count). The van der Waals surface area contributed by atoms with Gasteiger partial charge in [-0.15, -0.1) is 0 Å². The van der Waals surface area contributed by atoms with Crippen molar-refractivity contribution in [2.24, 2.45) is 0 Å². The molecule has 1 aromatic heterocycles. The van der Waals surface area contributed by atoms with Crippen molar-refractivity contribution in [1.82, 2.24) is 4.98 Å². The maximum Gasteiger partial charge on any atom is 0.511 e. The molecule has 0 fully saturated rings. The van der Waals surface area contributed by atoms with E-state index in [1.807, 2.05) is 35.7 Å². The zero-order valence-electron chi connectivity index (χ0n) is 9.74. The molecule has 0 atom stereocenters. The van der Waals surface area contributed by atoms with Gasteiger partial charge in [0, 0.05) is 10.5 Å². The average Bonchev–Trinajstić information content (AvgIpc) is 2.56. The molecule has 5 heteroatoms. The number of carboxylic acid groups (broad SMARTS) is 1. The summed E-state index contributed by atoms with van der Waals surface area (Å²) in [5.41, 5.74) is 2.96. The monoisotopic (exact) mass is 271 g/mol. The van der Waals surface area contributed by atoms with Crippen LogP contribution in [0.25, 0.3) is 17.3 Å². The summed E-state index contributed by atoms with van der Waals surface area (Å²) in [4.78, 5) is 15.7. The summed E-state index contributed by atoms with van der Waals surface area (Å²) in [6, 6.07) is 9.63. The zero-order valence-corrected chi connectivity index (χ0v) is 10.6. The number of carbonyl (C=O) groups is 1. The molecular formula is C14H9NO3S. The zero-order chi connectivity index (χ0) is 13.2. The van der Waals surface area contributed by atoms with Crippen LogP contribution in [0.15, 0.2) is 46.8 Å². The highest BCUT2D eigenvalue weighted by Crippen LogP contribution is 2.38. The highest BCUT2D eigenvalue weighted by Gasteiger charge is 2.14. The van der Waals surface area contributed by atoms with Crippen molar-refractivity contribution in [3.8, 4) is 17.0 Å². The summed E-state index contributed by atoms with van der Waals surface area (Å²) in [6.45, 7) is 0. The first-order valence-corrected chi connectivity index (χ1v) is 6.45. The highest BCUT2D eigenvalue weighted by atomic mass is 32.2. The van der Waals surface area contributed by atoms with Gasteiger partial charge in [0.2, 0.25) is 0 Å². The van der Waals surface area contributed by atoms with Crippen molar-refractivity contribution < 1.29 is 14.6 Å². The van der Waals surface area contributed by atoms with Gasteiger partial charge in [-0.2, -0.15) is 0 Å². The second kappa shape index (κ2) is 4.78. The highest BCUT2D eigenvalue weighted by molar-refractivity contribution is 8.02. The molecule has 19 heavy (non-hydrogen) atoms. The molecule has 1 aliphatic rings. The summed E-state index contributed by atoms with van der Waals surface area (Å²) >= 11 is 1.49. The average molecular weight is 271 g/mol. The van der Waals surface area contributed by atoms with Gasteiger partial charge in [-0.3, -0.25) is 4.98 Å². The predicted octanol–water partition coefficient (Wildman–Crippen LogP) is 3.88. The number of hydrogen-bond donors (Lipinski definition) is 1. The lowest BCUT2D eigenvalue weighted by Gasteiger charge is -2.08. The second-order valence-corrected chi connectivity index (χ2v) is 4.84. The smallest absolute Gasteiger partial charge is 0.449 e. The van der Waals surface area contributed by atoms with Gasteiger partial charge in [-0.05, 0) is 23.1 Å². The molecule has 0 spiro atoms. The fourth-order valence-corrected chi connectivity index (χ4v) is 2.73. The van der Waals surface area contributed by atoms with Crippen molar-refractivity contribution in [1.29, 1.82) is 0 Å². The molecule has 1 aromatic carbocycles.